The first-order chi connectivity index (χ1) is 22.7. The fourth-order valence-corrected chi connectivity index (χ4v) is 5.75. The number of hydrogen-bond donors (Lipinski definition) is 1. The fraction of sp³-hybridized carbons (Fsp3) is 0.833. The molecule has 0 aliphatic rings. The molecule has 0 saturated carbocycles. The summed E-state index contributed by atoms with van der Waals surface area (Å²) in [5.41, 5.74) is 0. The first-order valence-electron chi connectivity index (χ1n) is 20.1. The van der Waals surface area contributed by atoms with Gasteiger partial charge in [-0.3, -0.25) is 4.79 Å². The summed E-state index contributed by atoms with van der Waals surface area (Å²) in [6, 6.07) is 0. The van der Waals surface area contributed by atoms with Crippen LogP contribution in [-0.4, -0.2) is 37.0 Å². The van der Waals surface area contributed by atoms with E-state index in [0.29, 0.717) is 13.0 Å². The van der Waals surface area contributed by atoms with E-state index in [1.54, 1.807) is 0 Å². The van der Waals surface area contributed by atoms with Crippen molar-refractivity contribution in [2.24, 2.45) is 0 Å². The molecule has 1 atom stereocenters. The molecular formula is C42H78O4. The van der Waals surface area contributed by atoms with E-state index in [1.807, 2.05) is 0 Å². The average molecular weight is 647 g/mol. The normalized spacial score (nSPS) is 12.7. The molecule has 0 aromatic rings. The summed E-state index contributed by atoms with van der Waals surface area (Å²) in [4.78, 5) is 12.1. The molecule has 0 bridgehead atoms. The van der Waals surface area contributed by atoms with Gasteiger partial charge in [-0.2, -0.15) is 0 Å². The second kappa shape index (κ2) is 39.8. The number of unbranched alkanes of at least 4 members (excludes halogenated alkanes) is 23. The Labute approximate surface area is 287 Å². The maximum atomic E-state index is 12.1. The largest absolute Gasteiger partial charge is 0.457 e. The van der Waals surface area contributed by atoms with Gasteiger partial charge in [0.15, 0.2) is 0 Å². The van der Waals surface area contributed by atoms with Crippen LogP contribution in [0.3, 0.4) is 0 Å². The summed E-state index contributed by atoms with van der Waals surface area (Å²) >= 11 is 0. The Morgan fingerprint density at radius 3 is 1.46 bits per heavy atom. The highest BCUT2D eigenvalue weighted by molar-refractivity contribution is 5.69. The van der Waals surface area contributed by atoms with Crippen LogP contribution in [0.1, 0.15) is 200 Å². The predicted octanol–water partition coefficient (Wildman–Crippen LogP) is 12.9. The van der Waals surface area contributed by atoms with Crippen molar-refractivity contribution in [1.82, 2.24) is 0 Å². The lowest BCUT2D eigenvalue weighted by Crippen LogP contribution is -2.27. The average Bonchev–Trinajstić information content (AvgIpc) is 3.06. The number of ether oxygens (including phenoxy) is 2. The molecule has 0 heterocycles. The van der Waals surface area contributed by atoms with Crippen molar-refractivity contribution in [3.63, 3.8) is 0 Å². The molecule has 4 nitrogen and oxygen atoms in total. The molecule has 1 unspecified atom stereocenters. The van der Waals surface area contributed by atoms with E-state index >= 15 is 0 Å². The third-order valence-electron chi connectivity index (χ3n) is 8.73. The van der Waals surface area contributed by atoms with Gasteiger partial charge in [-0.05, 0) is 44.9 Å². The van der Waals surface area contributed by atoms with Crippen molar-refractivity contribution >= 4 is 5.97 Å². The van der Waals surface area contributed by atoms with E-state index in [1.165, 1.54) is 128 Å². The molecule has 0 aromatic carbocycles. The van der Waals surface area contributed by atoms with Crippen molar-refractivity contribution in [1.29, 1.82) is 0 Å². The molecule has 46 heavy (non-hydrogen) atoms. The number of carbonyl (C=O) groups is 1. The molecule has 0 aromatic heterocycles. The van der Waals surface area contributed by atoms with Gasteiger partial charge in [-0.15, -0.1) is 0 Å². The topological polar surface area (TPSA) is 55.8 Å². The highest BCUT2D eigenvalue weighted by Crippen LogP contribution is 2.15. The number of allylic oxidation sites excluding steroid dienone is 6. The fourth-order valence-electron chi connectivity index (χ4n) is 5.75. The maximum Gasteiger partial charge on any atom is 0.306 e. The van der Waals surface area contributed by atoms with E-state index < -0.39 is 6.10 Å². The minimum atomic E-state index is -0.546. The molecule has 0 amide bonds. The van der Waals surface area contributed by atoms with Crippen molar-refractivity contribution in [3.8, 4) is 0 Å². The van der Waals surface area contributed by atoms with Gasteiger partial charge in [-0.25, -0.2) is 0 Å². The van der Waals surface area contributed by atoms with Crippen molar-refractivity contribution in [2.75, 3.05) is 19.8 Å². The molecule has 0 aliphatic heterocycles. The van der Waals surface area contributed by atoms with Crippen LogP contribution in [0.2, 0.25) is 0 Å². The number of rotatable bonds is 37. The zero-order valence-electron chi connectivity index (χ0n) is 30.8. The summed E-state index contributed by atoms with van der Waals surface area (Å²) in [7, 11) is 0. The number of carbonyl (C=O) groups excluding carboxylic acids is 1. The van der Waals surface area contributed by atoms with Crippen LogP contribution in [-0.2, 0) is 14.3 Å². The molecule has 0 spiro atoms. The summed E-state index contributed by atoms with van der Waals surface area (Å²) in [5.74, 6) is -0.227. The standard InChI is InChI=1S/C42H78O4/c1-3-5-7-9-11-13-15-17-18-19-20-21-22-23-24-26-28-30-32-34-36-38-45-40-41(39-43)46-42(44)37-35-33-31-29-27-25-16-14-12-10-8-6-4-2/h6,8,12,14,25,27,41,43H,3-5,7,9-11,13,15-24,26,28-40H2,1-2H3/b8-6-,14-12-,27-25-. The maximum absolute atomic E-state index is 12.1. The Bertz CT molecular complexity index is 683. The third-order valence-corrected chi connectivity index (χ3v) is 8.73. The minimum absolute atomic E-state index is 0.181. The van der Waals surface area contributed by atoms with Gasteiger partial charge < -0.3 is 14.6 Å². The van der Waals surface area contributed by atoms with Gasteiger partial charge in [0.05, 0.1) is 13.2 Å². The molecule has 0 saturated heterocycles. The quantitative estimate of drug-likeness (QED) is 0.0414. The monoisotopic (exact) mass is 647 g/mol. The Balaban J connectivity index is 3.40. The van der Waals surface area contributed by atoms with Crippen LogP contribution >= 0.6 is 0 Å². The molecule has 4 heteroatoms. The molecule has 0 radical (unpaired) electrons. The molecule has 0 rings (SSSR count). The lowest BCUT2D eigenvalue weighted by molar-refractivity contribution is -0.154. The lowest BCUT2D eigenvalue weighted by atomic mass is 10.0. The third kappa shape index (κ3) is 37.1. The highest BCUT2D eigenvalue weighted by atomic mass is 16.6. The van der Waals surface area contributed by atoms with Crippen LogP contribution in [0.5, 0.6) is 0 Å². The Kier molecular flexibility index (Phi) is 38.6. The van der Waals surface area contributed by atoms with E-state index in [0.717, 1.165) is 51.4 Å². The van der Waals surface area contributed by atoms with E-state index in [9.17, 15) is 9.90 Å². The Morgan fingerprint density at radius 2 is 0.978 bits per heavy atom. The molecular weight excluding hydrogens is 568 g/mol. The summed E-state index contributed by atoms with van der Waals surface area (Å²) in [6.07, 6.45) is 49.2. The van der Waals surface area contributed by atoms with Gasteiger partial charge in [-0.1, -0.05) is 185 Å². The van der Waals surface area contributed by atoms with Crippen LogP contribution in [0.4, 0.5) is 0 Å². The number of esters is 1. The highest BCUT2D eigenvalue weighted by Gasteiger charge is 2.13. The molecule has 1 N–H and O–H groups in total. The van der Waals surface area contributed by atoms with Crippen LogP contribution in [0.15, 0.2) is 36.5 Å². The van der Waals surface area contributed by atoms with Crippen LogP contribution in [0.25, 0.3) is 0 Å². The van der Waals surface area contributed by atoms with Crippen LogP contribution in [0, 0.1) is 0 Å². The zero-order valence-corrected chi connectivity index (χ0v) is 30.8. The minimum Gasteiger partial charge on any atom is -0.457 e. The van der Waals surface area contributed by atoms with Gasteiger partial charge >= 0.3 is 5.97 Å². The van der Waals surface area contributed by atoms with Gasteiger partial charge in [0.25, 0.3) is 0 Å². The molecule has 0 fully saturated rings. The van der Waals surface area contributed by atoms with Gasteiger partial charge in [0.2, 0.25) is 0 Å². The van der Waals surface area contributed by atoms with E-state index in [2.05, 4.69) is 50.3 Å². The first-order valence-corrected chi connectivity index (χ1v) is 20.1. The Morgan fingerprint density at radius 1 is 0.543 bits per heavy atom. The lowest BCUT2D eigenvalue weighted by Gasteiger charge is -2.15. The number of aliphatic hydroxyl groups excluding tert-OH is 1. The smallest absolute Gasteiger partial charge is 0.306 e. The first kappa shape index (κ1) is 44.6. The Hall–Kier alpha value is -1.39. The van der Waals surface area contributed by atoms with Crippen molar-refractivity contribution < 1.29 is 19.4 Å². The summed E-state index contributed by atoms with van der Waals surface area (Å²) in [5, 5.41) is 9.56. The van der Waals surface area contributed by atoms with Crippen molar-refractivity contribution in [2.45, 2.75) is 206 Å². The number of hydrogen-bond acceptors (Lipinski definition) is 4. The molecule has 0 aliphatic carbocycles. The second-order valence-corrected chi connectivity index (χ2v) is 13.3. The summed E-state index contributed by atoms with van der Waals surface area (Å²) < 4.78 is 11.1. The second-order valence-electron chi connectivity index (χ2n) is 13.3. The summed E-state index contributed by atoms with van der Waals surface area (Å²) in [6.45, 7) is 5.22. The van der Waals surface area contributed by atoms with Gasteiger partial charge in [0, 0.05) is 13.0 Å². The number of aliphatic hydroxyl groups is 1. The van der Waals surface area contributed by atoms with Crippen molar-refractivity contribution in [3.05, 3.63) is 36.5 Å². The van der Waals surface area contributed by atoms with E-state index in [-0.39, 0.29) is 19.2 Å². The SMILES string of the molecule is CC/C=C\C/C=C\C/C=C\CCCCCC(=O)OC(CO)COCCCCCCCCCCCCCCCCCCCCCCC. The van der Waals surface area contributed by atoms with E-state index in [4.69, 9.17) is 9.47 Å². The van der Waals surface area contributed by atoms with Gasteiger partial charge in [0.1, 0.15) is 6.10 Å². The predicted molar refractivity (Wildman–Crippen MR) is 200 cm³/mol. The zero-order chi connectivity index (χ0) is 33.4. The van der Waals surface area contributed by atoms with Crippen LogP contribution < -0.4 is 0 Å². The molecule has 270 valence electrons.